The van der Waals surface area contributed by atoms with Crippen LogP contribution in [0.2, 0.25) is 0 Å². The van der Waals surface area contributed by atoms with Crippen molar-refractivity contribution in [1.29, 1.82) is 0 Å². The van der Waals surface area contributed by atoms with Gasteiger partial charge < -0.3 is 19.1 Å². The maximum absolute atomic E-state index is 12.3. The third kappa shape index (κ3) is 3.46. The first kappa shape index (κ1) is 17.3. The fourth-order valence-corrected chi connectivity index (χ4v) is 3.09. The molecular formula is C15H12O8S. The van der Waals surface area contributed by atoms with Crippen molar-refractivity contribution < 1.29 is 37.1 Å². The van der Waals surface area contributed by atoms with E-state index in [1.165, 1.54) is 31.4 Å². The van der Waals surface area contributed by atoms with E-state index in [4.69, 9.17) is 14.0 Å². The summed E-state index contributed by atoms with van der Waals surface area (Å²) in [5, 5.41) is 18.2. The molecule has 0 aliphatic carbocycles. The Morgan fingerprint density at radius 2 is 1.50 bits per heavy atom. The van der Waals surface area contributed by atoms with Crippen LogP contribution >= 0.6 is 0 Å². The van der Waals surface area contributed by atoms with Gasteiger partial charge in [-0.2, -0.15) is 8.42 Å². The van der Waals surface area contributed by atoms with Gasteiger partial charge in [0.05, 0.1) is 18.2 Å². The van der Waals surface area contributed by atoms with Gasteiger partial charge in [-0.15, -0.1) is 0 Å². The van der Waals surface area contributed by atoms with Crippen LogP contribution in [0.25, 0.3) is 0 Å². The first-order valence-electron chi connectivity index (χ1n) is 6.44. The van der Waals surface area contributed by atoms with Crippen molar-refractivity contribution in [3.8, 4) is 11.5 Å². The first-order valence-corrected chi connectivity index (χ1v) is 7.85. The Balaban J connectivity index is 2.50. The first-order chi connectivity index (χ1) is 11.3. The summed E-state index contributed by atoms with van der Waals surface area (Å²) in [5.74, 6) is -2.86. The van der Waals surface area contributed by atoms with Crippen molar-refractivity contribution in [2.24, 2.45) is 0 Å². The van der Waals surface area contributed by atoms with Crippen LogP contribution < -0.4 is 8.92 Å². The molecule has 24 heavy (non-hydrogen) atoms. The maximum Gasteiger partial charge on any atom is 0.340 e. The molecule has 0 aliphatic heterocycles. The molecule has 0 heterocycles. The number of carboxylic acid groups (broad SMARTS) is 2. The molecule has 0 amide bonds. The molecule has 2 aromatic carbocycles. The predicted molar refractivity (Wildman–Crippen MR) is 81.2 cm³/mol. The fraction of sp³-hybridized carbons (Fsp3) is 0.0667. The lowest BCUT2D eigenvalue weighted by molar-refractivity contribution is 0.0648. The van der Waals surface area contributed by atoms with Crippen molar-refractivity contribution >= 4 is 22.1 Å². The van der Waals surface area contributed by atoms with Crippen molar-refractivity contribution in [3.05, 3.63) is 53.6 Å². The predicted octanol–water partition coefficient (Wildman–Crippen LogP) is 1.86. The lowest BCUT2D eigenvalue weighted by Gasteiger charge is -2.11. The standard InChI is InChI=1S/C15H12O8S/c1-22-9-5-7-10(8-6-9)23-24(20,21)12-4-2-3-11(14(16)17)13(12)15(18)19/h2-8H,1H3,(H,16,17)(H,18,19). The van der Waals surface area contributed by atoms with E-state index in [1.807, 2.05) is 0 Å². The van der Waals surface area contributed by atoms with Gasteiger partial charge in [-0.05, 0) is 36.4 Å². The van der Waals surface area contributed by atoms with Crippen LogP contribution in [0.3, 0.4) is 0 Å². The Hall–Kier alpha value is -3.07. The van der Waals surface area contributed by atoms with Crippen LogP contribution in [0.1, 0.15) is 20.7 Å². The van der Waals surface area contributed by atoms with Crippen molar-refractivity contribution in [3.63, 3.8) is 0 Å². The zero-order chi connectivity index (χ0) is 17.9. The fourth-order valence-electron chi connectivity index (χ4n) is 1.94. The third-order valence-corrected chi connectivity index (χ3v) is 4.30. The molecule has 0 saturated carbocycles. The van der Waals surface area contributed by atoms with Gasteiger partial charge in [0.1, 0.15) is 16.4 Å². The van der Waals surface area contributed by atoms with E-state index in [9.17, 15) is 23.1 Å². The molecule has 0 saturated heterocycles. The topological polar surface area (TPSA) is 127 Å². The smallest absolute Gasteiger partial charge is 0.340 e. The summed E-state index contributed by atoms with van der Waals surface area (Å²) < 4.78 is 34.5. The molecule has 0 aromatic heterocycles. The van der Waals surface area contributed by atoms with Crippen LogP contribution in [0.5, 0.6) is 11.5 Å². The summed E-state index contributed by atoms with van der Waals surface area (Å²) in [6.07, 6.45) is 0. The molecule has 0 spiro atoms. The summed E-state index contributed by atoms with van der Waals surface area (Å²) in [5.41, 5.74) is -1.51. The molecular weight excluding hydrogens is 340 g/mol. The highest BCUT2D eigenvalue weighted by molar-refractivity contribution is 7.87. The van der Waals surface area contributed by atoms with Crippen LogP contribution in [0.4, 0.5) is 0 Å². The second-order valence-corrected chi connectivity index (χ2v) is 6.02. The molecule has 126 valence electrons. The number of rotatable bonds is 6. The van der Waals surface area contributed by atoms with E-state index in [2.05, 4.69) is 0 Å². The van der Waals surface area contributed by atoms with E-state index in [1.54, 1.807) is 0 Å². The van der Waals surface area contributed by atoms with E-state index in [-0.39, 0.29) is 5.75 Å². The zero-order valence-electron chi connectivity index (χ0n) is 12.3. The van der Waals surface area contributed by atoms with Crippen molar-refractivity contribution in [1.82, 2.24) is 0 Å². The van der Waals surface area contributed by atoms with Crippen LogP contribution in [0, 0.1) is 0 Å². The van der Waals surface area contributed by atoms with Crippen molar-refractivity contribution in [2.75, 3.05) is 7.11 Å². The highest BCUT2D eigenvalue weighted by Crippen LogP contribution is 2.25. The molecule has 0 atom stereocenters. The highest BCUT2D eigenvalue weighted by Gasteiger charge is 2.29. The molecule has 0 fully saturated rings. The third-order valence-electron chi connectivity index (χ3n) is 3.01. The number of ether oxygens (including phenoxy) is 1. The number of hydrogen-bond acceptors (Lipinski definition) is 6. The summed E-state index contributed by atoms with van der Waals surface area (Å²) >= 11 is 0. The van der Waals surface area contributed by atoms with E-state index in [0.717, 1.165) is 18.2 Å². The molecule has 2 aromatic rings. The molecule has 2 rings (SSSR count). The van der Waals surface area contributed by atoms with Gasteiger partial charge in [0.15, 0.2) is 0 Å². The number of hydrogen-bond donors (Lipinski definition) is 2. The second-order valence-electron chi connectivity index (χ2n) is 4.50. The van der Waals surface area contributed by atoms with Gasteiger partial charge in [-0.3, -0.25) is 0 Å². The minimum absolute atomic E-state index is 0.0760. The Labute approximate surface area is 137 Å². The van der Waals surface area contributed by atoms with Gasteiger partial charge in [0.25, 0.3) is 0 Å². The minimum Gasteiger partial charge on any atom is -0.497 e. The Bertz CT molecular complexity index is 884. The molecule has 0 radical (unpaired) electrons. The van der Waals surface area contributed by atoms with Crippen LogP contribution in [-0.2, 0) is 10.1 Å². The van der Waals surface area contributed by atoms with Crippen LogP contribution in [-0.4, -0.2) is 37.7 Å². The Kier molecular flexibility index (Phi) is 4.74. The van der Waals surface area contributed by atoms with Crippen molar-refractivity contribution in [2.45, 2.75) is 4.90 Å². The summed E-state index contributed by atoms with van der Waals surface area (Å²) in [7, 11) is -3.12. The SMILES string of the molecule is COc1ccc(OS(=O)(=O)c2cccc(C(=O)O)c2C(=O)O)cc1. The summed E-state index contributed by atoms with van der Waals surface area (Å²) in [6, 6.07) is 8.64. The quantitative estimate of drug-likeness (QED) is 0.754. The molecule has 0 aliphatic rings. The number of benzene rings is 2. The molecule has 2 N–H and O–H groups in total. The number of carbonyl (C=O) groups is 2. The summed E-state index contributed by atoms with van der Waals surface area (Å²) in [4.78, 5) is 21.7. The van der Waals surface area contributed by atoms with Gasteiger partial charge >= 0.3 is 22.1 Å². The second kappa shape index (κ2) is 6.59. The largest absolute Gasteiger partial charge is 0.497 e. The zero-order valence-corrected chi connectivity index (χ0v) is 13.1. The summed E-state index contributed by atoms with van der Waals surface area (Å²) in [6.45, 7) is 0. The number of methoxy groups -OCH3 is 1. The highest BCUT2D eigenvalue weighted by atomic mass is 32.2. The monoisotopic (exact) mass is 352 g/mol. The molecule has 0 unspecified atom stereocenters. The van der Waals surface area contributed by atoms with E-state index >= 15 is 0 Å². The van der Waals surface area contributed by atoms with E-state index in [0.29, 0.717) is 5.75 Å². The molecule has 9 heteroatoms. The van der Waals surface area contributed by atoms with Gasteiger partial charge in [-0.25, -0.2) is 9.59 Å². The van der Waals surface area contributed by atoms with Gasteiger partial charge in [0.2, 0.25) is 0 Å². The lowest BCUT2D eigenvalue weighted by Crippen LogP contribution is -2.18. The minimum atomic E-state index is -4.55. The normalized spacial score (nSPS) is 10.9. The van der Waals surface area contributed by atoms with E-state index < -0.39 is 38.1 Å². The average Bonchev–Trinajstić information content (AvgIpc) is 2.54. The Morgan fingerprint density at radius 3 is 2.00 bits per heavy atom. The van der Waals surface area contributed by atoms with Crippen LogP contribution in [0.15, 0.2) is 47.4 Å². The lowest BCUT2D eigenvalue weighted by atomic mass is 10.1. The number of aromatic carboxylic acids is 2. The number of carboxylic acids is 2. The average molecular weight is 352 g/mol. The van der Waals surface area contributed by atoms with Gasteiger partial charge in [-0.1, -0.05) is 6.07 Å². The molecule has 8 nitrogen and oxygen atoms in total. The maximum atomic E-state index is 12.3. The van der Waals surface area contributed by atoms with Gasteiger partial charge in [0, 0.05) is 0 Å². The Morgan fingerprint density at radius 1 is 0.917 bits per heavy atom. The molecule has 0 bridgehead atoms.